The van der Waals surface area contributed by atoms with E-state index in [0.29, 0.717) is 16.5 Å². The van der Waals surface area contributed by atoms with Gasteiger partial charge in [0.05, 0.1) is 12.8 Å². The van der Waals surface area contributed by atoms with Crippen LogP contribution in [0.25, 0.3) is 0 Å². The highest BCUT2D eigenvalue weighted by atomic mass is 79.9. The van der Waals surface area contributed by atoms with Gasteiger partial charge in [0.25, 0.3) is 0 Å². The Kier molecular flexibility index (Phi) is 5.91. The number of benzene rings is 2. The minimum Gasteiger partial charge on any atom is -0.495 e. The maximum absolute atomic E-state index is 12.4. The molecule has 0 bridgehead atoms. The number of carbonyl (C=O) groups is 1. The molecule has 1 atom stereocenters. The molecule has 2 aromatic carbocycles. The van der Waals surface area contributed by atoms with E-state index in [4.69, 9.17) is 16.3 Å². The summed E-state index contributed by atoms with van der Waals surface area (Å²) in [5.74, 6) is 0.373. The van der Waals surface area contributed by atoms with Crippen molar-refractivity contribution in [1.82, 2.24) is 0 Å². The molecule has 0 aliphatic heterocycles. The van der Waals surface area contributed by atoms with Crippen LogP contribution >= 0.6 is 27.5 Å². The van der Waals surface area contributed by atoms with Gasteiger partial charge < -0.3 is 15.4 Å². The van der Waals surface area contributed by atoms with Crippen LogP contribution < -0.4 is 15.4 Å². The molecule has 1 amide bonds. The number of rotatable bonds is 5. The number of aryl methyl sites for hydroxylation is 1. The van der Waals surface area contributed by atoms with Gasteiger partial charge in [-0.1, -0.05) is 27.5 Å². The van der Waals surface area contributed by atoms with Crippen molar-refractivity contribution in [3.05, 3.63) is 51.5 Å². The molecule has 0 aliphatic carbocycles. The first-order chi connectivity index (χ1) is 10.9. The summed E-state index contributed by atoms with van der Waals surface area (Å²) in [6, 6.07) is 10.7. The number of anilines is 2. The minimum absolute atomic E-state index is 0.159. The summed E-state index contributed by atoms with van der Waals surface area (Å²) in [6.45, 7) is 3.67. The molecule has 4 nitrogen and oxygen atoms in total. The SMILES string of the molecule is COc1cc(Cl)c(C)cc1NC(=O)[C@H](C)Nc1ccc(Br)cc1. The lowest BCUT2D eigenvalue weighted by molar-refractivity contribution is -0.116. The average Bonchev–Trinajstić information content (AvgIpc) is 2.52. The summed E-state index contributed by atoms with van der Waals surface area (Å²) in [6.07, 6.45) is 0. The number of halogens is 2. The van der Waals surface area contributed by atoms with Crippen LogP contribution in [0.3, 0.4) is 0 Å². The predicted molar refractivity (Wildman–Crippen MR) is 98.6 cm³/mol. The molecule has 2 N–H and O–H groups in total. The first-order valence-electron chi connectivity index (χ1n) is 7.08. The van der Waals surface area contributed by atoms with Crippen LogP contribution in [0.2, 0.25) is 5.02 Å². The second-order valence-corrected chi connectivity index (χ2v) is 6.49. The van der Waals surface area contributed by atoms with Gasteiger partial charge in [0.2, 0.25) is 5.91 Å². The zero-order valence-electron chi connectivity index (χ0n) is 13.1. The second kappa shape index (κ2) is 7.70. The number of hydrogen-bond acceptors (Lipinski definition) is 3. The smallest absolute Gasteiger partial charge is 0.246 e. The molecule has 0 aromatic heterocycles. The molecule has 2 rings (SSSR count). The van der Waals surface area contributed by atoms with E-state index >= 15 is 0 Å². The van der Waals surface area contributed by atoms with Gasteiger partial charge in [0.1, 0.15) is 11.8 Å². The molecule has 23 heavy (non-hydrogen) atoms. The van der Waals surface area contributed by atoms with Crippen LogP contribution in [0.15, 0.2) is 40.9 Å². The maximum atomic E-state index is 12.4. The highest BCUT2D eigenvalue weighted by Gasteiger charge is 2.16. The van der Waals surface area contributed by atoms with E-state index in [9.17, 15) is 4.79 Å². The van der Waals surface area contributed by atoms with E-state index < -0.39 is 6.04 Å². The Hall–Kier alpha value is -1.72. The number of amides is 1. The summed E-state index contributed by atoms with van der Waals surface area (Å²) in [7, 11) is 1.54. The molecule has 6 heteroatoms. The fourth-order valence-electron chi connectivity index (χ4n) is 2.03. The van der Waals surface area contributed by atoms with E-state index in [-0.39, 0.29) is 5.91 Å². The van der Waals surface area contributed by atoms with E-state index in [1.807, 2.05) is 31.2 Å². The first kappa shape index (κ1) is 17.6. The van der Waals surface area contributed by atoms with Gasteiger partial charge in [0.15, 0.2) is 0 Å². The van der Waals surface area contributed by atoms with Crippen molar-refractivity contribution in [3.8, 4) is 5.75 Å². The Morgan fingerprint density at radius 2 is 1.91 bits per heavy atom. The van der Waals surface area contributed by atoms with Crippen LogP contribution in [0, 0.1) is 6.92 Å². The lowest BCUT2D eigenvalue weighted by Crippen LogP contribution is -2.32. The van der Waals surface area contributed by atoms with Crippen LogP contribution in [0.4, 0.5) is 11.4 Å². The third-order valence-electron chi connectivity index (χ3n) is 3.36. The molecule has 0 aliphatic rings. The standard InChI is InChI=1S/C17H18BrClN2O2/c1-10-8-15(16(23-3)9-14(10)19)21-17(22)11(2)20-13-6-4-12(18)5-7-13/h4-9,11,20H,1-3H3,(H,21,22)/t11-/m0/s1. The summed E-state index contributed by atoms with van der Waals surface area (Å²) < 4.78 is 6.26. The maximum Gasteiger partial charge on any atom is 0.246 e. The summed E-state index contributed by atoms with van der Waals surface area (Å²) >= 11 is 9.46. The summed E-state index contributed by atoms with van der Waals surface area (Å²) in [5.41, 5.74) is 2.34. The third-order valence-corrected chi connectivity index (χ3v) is 4.30. The molecule has 0 fully saturated rings. The molecule has 122 valence electrons. The molecule has 0 heterocycles. The molecule has 0 saturated carbocycles. The largest absolute Gasteiger partial charge is 0.495 e. The van der Waals surface area contributed by atoms with Crippen LogP contribution in [0.5, 0.6) is 5.75 Å². The van der Waals surface area contributed by atoms with Gasteiger partial charge in [-0.2, -0.15) is 0 Å². The van der Waals surface area contributed by atoms with Gasteiger partial charge in [0, 0.05) is 21.2 Å². The Morgan fingerprint density at radius 1 is 1.26 bits per heavy atom. The third kappa shape index (κ3) is 4.62. The summed E-state index contributed by atoms with van der Waals surface area (Å²) in [4.78, 5) is 12.4. The van der Waals surface area contributed by atoms with Crippen molar-refractivity contribution in [3.63, 3.8) is 0 Å². The zero-order valence-corrected chi connectivity index (χ0v) is 15.5. The Bertz CT molecular complexity index is 704. The highest BCUT2D eigenvalue weighted by Crippen LogP contribution is 2.31. The molecule has 0 unspecified atom stereocenters. The van der Waals surface area contributed by atoms with Gasteiger partial charge in [-0.3, -0.25) is 4.79 Å². The van der Waals surface area contributed by atoms with Crippen molar-refractivity contribution in [1.29, 1.82) is 0 Å². The molecular weight excluding hydrogens is 380 g/mol. The number of ether oxygens (including phenoxy) is 1. The molecule has 2 aromatic rings. The molecule has 0 radical (unpaired) electrons. The van der Waals surface area contributed by atoms with Crippen LogP contribution in [0.1, 0.15) is 12.5 Å². The number of hydrogen-bond donors (Lipinski definition) is 2. The quantitative estimate of drug-likeness (QED) is 0.757. The Labute approximate surface area is 149 Å². The lowest BCUT2D eigenvalue weighted by Gasteiger charge is -2.17. The monoisotopic (exact) mass is 396 g/mol. The van der Waals surface area contributed by atoms with Gasteiger partial charge in [-0.05, 0) is 49.7 Å². The average molecular weight is 398 g/mol. The number of methoxy groups -OCH3 is 1. The van der Waals surface area contributed by atoms with Gasteiger partial charge >= 0.3 is 0 Å². The van der Waals surface area contributed by atoms with E-state index in [1.165, 1.54) is 0 Å². The fraction of sp³-hybridized carbons (Fsp3) is 0.235. The highest BCUT2D eigenvalue weighted by molar-refractivity contribution is 9.10. The van der Waals surface area contributed by atoms with Crippen molar-refractivity contribution in [2.75, 3.05) is 17.7 Å². The van der Waals surface area contributed by atoms with Crippen molar-refractivity contribution in [2.24, 2.45) is 0 Å². The van der Waals surface area contributed by atoms with Crippen LogP contribution in [-0.2, 0) is 4.79 Å². The predicted octanol–water partition coefficient (Wildman–Crippen LogP) is 4.86. The fourth-order valence-corrected chi connectivity index (χ4v) is 2.45. The van der Waals surface area contributed by atoms with Gasteiger partial charge in [-0.25, -0.2) is 0 Å². The minimum atomic E-state index is -0.406. The van der Waals surface area contributed by atoms with Gasteiger partial charge in [-0.15, -0.1) is 0 Å². The normalized spacial score (nSPS) is 11.7. The van der Waals surface area contributed by atoms with E-state index in [1.54, 1.807) is 26.2 Å². The van der Waals surface area contributed by atoms with Crippen LogP contribution in [-0.4, -0.2) is 19.1 Å². The van der Waals surface area contributed by atoms with Crippen molar-refractivity contribution < 1.29 is 9.53 Å². The molecule has 0 saturated heterocycles. The Balaban J connectivity index is 2.09. The van der Waals surface area contributed by atoms with E-state index in [0.717, 1.165) is 15.7 Å². The Morgan fingerprint density at radius 3 is 2.52 bits per heavy atom. The number of carbonyl (C=O) groups excluding carboxylic acids is 1. The lowest BCUT2D eigenvalue weighted by atomic mass is 10.2. The van der Waals surface area contributed by atoms with Crippen molar-refractivity contribution >= 4 is 44.8 Å². The number of nitrogens with one attached hydrogen (secondary N) is 2. The molecular formula is C17H18BrClN2O2. The summed E-state index contributed by atoms with van der Waals surface area (Å²) in [5, 5.41) is 6.62. The van der Waals surface area contributed by atoms with E-state index in [2.05, 4.69) is 26.6 Å². The first-order valence-corrected chi connectivity index (χ1v) is 8.25. The molecule has 0 spiro atoms. The second-order valence-electron chi connectivity index (χ2n) is 5.16. The zero-order chi connectivity index (χ0) is 17.0. The van der Waals surface area contributed by atoms with Crippen molar-refractivity contribution in [2.45, 2.75) is 19.9 Å². The topological polar surface area (TPSA) is 50.4 Å².